The number of hydrogen-bond acceptors (Lipinski definition) is 6. The second-order valence-corrected chi connectivity index (χ2v) is 9.09. The number of amides is 2. The number of ether oxygens (including phenoxy) is 2. The first kappa shape index (κ1) is 22.1. The van der Waals surface area contributed by atoms with E-state index >= 15 is 0 Å². The van der Waals surface area contributed by atoms with Crippen LogP contribution in [0.4, 0.5) is 11.4 Å². The van der Waals surface area contributed by atoms with Crippen LogP contribution in [0, 0.1) is 11.8 Å². The summed E-state index contributed by atoms with van der Waals surface area (Å²) < 4.78 is 10.8. The van der Waals surface area contributed by atoms with Crippen LogP contribution in [0.1, 0.15) is 15.9 Å². The third-order valence-corrected chi connectivity index (χ3v) is 7.37. The van der Waals surface area contributed by atoms with Gasteiger partial charge in [0, 0.05) is 17.3 Å². The molecule has 2 fully saturated rings. The molecule has 0 saturated carbocycles. The van der Waals surface area contributed by atoms with Crippen molar-refractivity contribution in [3.05, 3.63) is 90.0 Å². The Kier molecular flexibility index (Phi) is 5.14. The molecule has 0 radical (unpaired) electrons. The van der Waals surface area contributed by atoms with Gasteiger partial charge in [0.1, 0.15) is 17.5 Å². The van der Waals surface area contributed by atoms with Gasteiger partial charge in [0.25, 0.3) is 0 Å². The number of ketones is 1. The average Bonchev–Trinajstić information content (AvgIpc) is 3.40. The van der Waals surface area contributed by atoms with Gasteiger partial charge in [0.15, 0.2) is 5.78 Å². The predicted molar refractivity (Wildman–Crippen MR) is 135 cm³/mol. The summed E-state index contributed by atoms with van der Waals surface area (Å²) in [6.07, 6.45) is 3.91. The quantitative estimate of drug-likeness (QED) is 0.406. The minimum Gasteiger partial charge on any atom is -0.497 e. The van der Waals surface area contributed by atoms with Gasteiger partial charge in [-0.3, -0.25) is 14.4 Å². The van der Waals surface area contributed by atoms with Crippen LogP contribution >= 0.6 is 0 Å². The van der Waals surface area contributed by atoms with Crippen LogP contribution in [0.2, 0.25) is 0 Å². The Morgan fingerprint density at radius 2 is 1.53 bits per heavy atom. The number of hydrogen-bond donors (Lipinski definition) is 0. The number of benzene rings is 3. The summed E-state index contributed by atoms with van der Waals surface area (Å²) in [7, 11) is 3.01. The van der Waals surface area contributed by atoms with E-state index in [1.165, 1.54) is 19.1 Å². The topological polar surface area (TPSA) is 76.2 Å². The van der Waals surface area contributed by atoms with Gasteiger partial charge in [-0.1, -0.05) is 60.7 Å². The lowest BCUT2D eigenvalue weighted by Gasteiger charge is -2.36. The molecule has 36 heavy (non-hydrogen) atoms. The van der Waals surface area contributed by atoms with Crippen LogP contribution in [-0.4, -0.2) is 43.9 Å². The summed E-state index contributed by atoms with van der Waals surface area (Å²) in [5.41, 5.74) is 2.66. The summed E-state index contributed by atoms with van der Waals surface area (Å²) in [5.74, 6) is -1.56. The molecule has 3 aliphatic rings. The highest BCUT2D eigenvalue weighted by Crippen LogP contribution is 2.50. The van der Waals surface area contributed by atoms with E-state index in [-0.39, 0.29) is 11.7 Å². The van der Waals surface area contributed by atoms with E-state index in [9.17, 15) is 14.4 Å². The lowest BCUT2D eigenvalue weighted by molar-refractivity contribution is -0.122. The third-order valence-electron chi connectivity index (χ3n) is 7.37. The molecule has 4 unspecified atom stereocenters. The minimum absolute atomic E-state index is 0.178. The van der Waals surface area contributed by atoms with E-state index in [1.807, 2.05) is 47.4 Å². The minimum atomic E-state index is -0.835. The van der Waals surface area contributed by atoms with E-state index in [4.69, 9.17) is 9.47 Å². The van der Waals surface area contributed by atoms with Crippen LogP contribution in [0.5, 0.6) is 11.5 Å². The van der Waals surface area contributed by atoms with Gasteiger partial charge in [0.05, 0.1) is 37.8 Å². The number of carbonyl (C=O) groups excluding carboxylic acids is 3. The van der Waals surface area contributed by atoms with Crippen LogP contribution in [0.3, 0.4) is 0 Å². The maximum atomic E-state index is 14.0. The zero-order chi connectivity index (χ0) is 25.0. The highest BCUT2D eigenvalue weighted by atomic mass is 16.5. The monoisotopic (exact) mass is 480 g/mol. The summed E-state index contributed by atoms with van der Waals surface area (Å²) in [5, 5.41) is 0. The molecular formula is C29H24N2O5. The summed E-state index contributed by atoms with van der Waals surface area (Å²) in [6, 6.07) is 20.4. The lowest BCUT2D eigenvalue weighted by Crippen LogP contribution is -2.48. The molecule has 2 amide bonds. The normalized spacial score (nSPS) is 23.8. The van der Waals surface area contributed by atoms with Gasteiger partial charge in [-0.05, 0) is 23.8 Å². The maximum Gasteiger partial charge on any atom is 0.240 e. The Morgan fingerprint density at radius 3 is 2.28 bits per heavy atom. The second-order valence-electron chi connectivity index (χ2n) is 9.09. The molecular weight excluding hydrogens is 456 g/mol. The molecule has 0 aliphatic carbocycles. The first-order valence-corrected chi connectivity index (χ1v) is 11.8. The molecule has 4 atom stereocenters. The van der Waals surface area contributed by atoms with Gasteiger partial charge < -0.3 is 14.4 Å². The number of rotatable bonds is 5. The van der Waals surface area contributed by atoms with Crippen LogP contribution in [-0.2, 0) is 9.59 Å². The number of carbonyl (C=O) groups is 3. The van der Waals surface area contributed by atoms with E-state index in [2.05, 4.69) is 0 Å². The first-order valence-electron chi connectivity index (χ1n) is 11.8. The third kappa shape index (κ3) is 3.09. The van der Waals surface area contributed by atoms with Crippen LogP contribution in [0.15, 0.2) is 78.9 Å². The van der Waals surface area contributed by atoms with Gasteiger partial charge in [0.2, 0.25) is 11.8 Å². The molecule has 6 rings (SSSR count). The van der Waals surface area contributed by atoms with Crippen LogP contribution < -0.4 is 19.3 Å². The first-order chi connectivity index (χ1) is 17.5. The fraction of sp³-hybridized carbons (Fsp3) is 0.207. The molecule has 0 spiro atoms. The molecule has 0 aromatic heterocycles. The Morgan fingerprint density at radius 1 is 0.806 bits per heavy atom. The number of Topliss-reactive ketones (excluding diaryl/α,β-unsaturated/α-hetero) is 1. The SMILES string of the molecule is COc1ccc(N2C(=O)C3C(C2=O)C(C(=O)c2ccccc2)N2c4ccccc4C=CC32)c(OC)c1. The Bertz CT molecular complexity index is 1420. The van der Waals surface area contributed by atoms with Gasteiger partial charge in [-0.25, -0.2) is 4.90 Å². The van der Waals surface area contributed by atoms with Gasteiger partial charge in [-0.2, -0.15) is 0 Å². The Labute approximate surface area is 208 Å². The summed E-state index contributed by atoms with van der Waals surface area (Å²) in [6.45, 7) is 0. The van der Waals surface area contributed by atoms with Crippen LogP contribution in [0.25, 0.3) is 6.08 Å². The van der Waals surface area contributed by atoms with E-state index < -0.39 is 29.8 Å². The number of nitrogens with zero attached hydrogens (tertiary/aromatic N) is 2. The standard InChI is InChI=1S/C29H24N2O5/c1-35-19-13-15-21(23(16-19)36-2)31-28(33)24-22-14-12-17-8-6-7-11-20(17)30(22)26(25(24)29(31)34)27(32)18-9-4-3-5-10-18/h3-16,22,24-26H,1-2H3. The molecule has 0 bridgehead atoms. The van der Waals surface area contributed by atoms with Crippen molar-refractivity contribution >= 4 is 35.0 Å². The largest absolute Gasteiger partial charge is 0.497 e. The number of methoxy groups -OCH3 is 2. The van der Waals surface area contributed by atoms with Gasteiger partial charge >= 0.3 is 0 Å². The fourth-order valence-corrected chi connectivity index (χ4v) is 5.79. The predicted octanol–water partition coefficient (Wildman–Crippen LogP) is 3.98. The van der Waals surface area contributed by atoms with Crippen molar-refractivity contribution in [2.75, 3.05) is 24.0 Å². The molecule has 2 saturated heterocycles. The number of para-hydroxylation sites is 1. The second kappa shape index (κ2) is 8.37. The molecule has 7 heteroatoms. The van der Waals surface area contributed by atoms with E-state index in [0.29, 0.717) is 22.7 Å². The van der Waals surface area contributed by atoms with Crippen molar-refractivity contribution in [1.82, 2.24) is 0 Å². The lowest BCUT2D eigenvalue weighted by atomic mass is 9.86. The fourth-order valence-electron chi connectivity index (χ4n) is 5.79. The van der Waals surface area contributed by atoms with E-state index in [1.54, 1.807) is 42.5 Å². The maximum absolute atomic E-state index is 14.0. The highest BCUT2D eigenvalue weighted by Gasteiger charge is 2.64. The molecule has 3 aromatic rings. The number of fused-ring (bicyclic) bond motifs is 5. The molecule has 180 valence electrons. The van der Waals surface area contributed by atoms with Crippen molar-refractivity contribution < 1.29 is 23.9 Å². The smallest absolute Gasteiger partial charge is 0.240 e. The zero-order valence-corrected chi connectivity index (χ0v) is 19.8. The molecule has 3 aliphatic heterocycles. The van der Waals surface area contributed by atoms with Gasteiger partial charge in [-0.15, -0.1) is 0 Å². The highest BCUT2D eigenvalue weighted by molar-refractivity contribution is 6.26. The average molecular weight is 481 g/mol. The van der Waals surface area contributed by atoms with E-state index in [0.717, 1.165) is 11.3 Å². The van der Waals surface area contributed by atoms with Crippen molar-refractivity contribution in [3.63, 3.8) is 0 Å². The Balaban J connectivity index is 1.49. The van der Waals surface area contributed by atoms with Crippen molar-refractivity contribution in [2.45, 2.75) is 12.1 Å². The zero-order valence-electron chi connectivity index (χ0n) is 19.8. The molecule has 3 heterocycles. The summed E-state index contributed by atoms with van der Waals surface area (Å²) in [4.78, 5) is 45.1. The summed E-state index contributed by atoms with van der Waals surface area (Å²) >= 11 is 0. The molecule has 0 N–H and O–H groups in total. The molecule has 7 nitrogen and oxygen atoms in total. The number of imide groups is 1. The van der Waals surface area contributed by atoms with Crippen molar-refractivity contribution in [3.8, 4) is 11.5 Å². The van der Waals surface area contributed by atoms with Crippen molar-refractivity contribution in [2.24, 2.45) is 11.8 Å². The van der Waals surface area contributed by atoms with Crippen molar-refractivity contribution in [1.29, 1.82) is 0 Å². The number of anilines is 2. The molecule has 3 aromatic carbocycles. The Hall–Kier alpha value is -4.39.